The summed E-state index contributed by atoms with van der Waals surface area (Å²) in [4.78, 5) is 14.7. The molecule has 0 fully saturated rings. The van der Waals surface area contributed by atoms with Gasteiger partial charge in [-0.2, -0.15) is 0 Å². The van der Waals surface area contributed by atoms with Crippen molar-refractivity contribution >= 4 is 17.9 Å². The summed E-state index contributed by atoms with van der Waals surface area (Å²) >= 11 is 5.86. The van der Waals surface area contributed by atoms with Gasteiger partial charge in [0.2, 0.25) is 5.88 Å². The zero-order valence-corrected chi connectivity index (χ0v) is 10.2. The Labute approximate surface area is 108 Å². The first kappa shape index (κ1) is 12.5. The van der Waals surface area contributed by atoms with Crippen LogP contribution in [0.5, 0.6) is 5.88 Å². The molecule has 0 N–H and O–H groups in total. The van der Waals surface area contributed by atoms with E-state index in [-0.39, 0.29) is 11.4 Å². The molecule has 2 aromatic rings. The number of carbonyl (C=O) groups is 1. The van der Waals surface area contributed by atoms with Gasteiger partial charge in [0.15, 0.2) is 6.29 Å². The number of ether oxygens (including phenoxy) is 1. The van der Waals surface area contributed by atoms with Crippen LogP contribution in [0.15, 0.2) is 30.5 Å². The molecule has 0 atom stereocenters. The Morgan fingerprint density at radius 2 is 2.11 bits per heavy atom. The van der Waals surface area contributed by atoms with Gasteiger partial charge in [-0.05, 0) is 23.8 Å². The number of benzene rings is 1. The zero-order chi connectivity index (χ0) is 13.1. The Hall–Kier alpha value is -1.94. The molecular formula is C13H9ClFNO2. The summed E-state index contributed by atoms with van der Waals surface area (Å²) < 4.78 is 18.7. The molecule has 0 bridgehead atoms. The third kappa shape index (κ3) is 2.33. The zero-order valence-electron chi connectivity index (χ0n) is 9.48. The van der Waals surface area contributed by atoms with Gasteiger partial charge in [-0.25, -0.2) is 9.37 Å². The SMILES string of the molecule is COc1cc(-c2cc(Cl)ccc2C=O)c(F)cn1. The number of halogens is 2. The second-order valence-electron chi connectivity index (χ2n) is 3.56. The summed E-state index contributed by atoms with van der Waals surface area (Å²) in [5, 5.41) is 0.422. The minimum Gasteiger partial charge on any atom is -0.481 e. The van der Waals surface area contributed by atoms with Crippen molar-refractivity contribution < 1.29 is 13.9 Å². The van der Waals surface area contributed by atoms with E-state index in [4.69, 9.17) is 16.3 Å². The molecule has 92 valence electrons. The molecule has 3 nitrogen and oxygen atoms in total. The summed E-state index contributed by atoms with van der Waals surface area (Å²) in [5.41, 5.74) is 0.994. The smallest absolute Gasteiger partial charge is 0.213 e. The first-order chi connectivity index (χ1) is 8.65. The molecule has 1 aromatic carbocycles. The Morgan fingerprint density at radius 1 is 1.33 bits per heavy atom. The average molecular weight is 266 g/mol. The first-order valence-electron chi connectivity index (χ1n) is 5.10. The van der Waals surface area contributed by atoms with Crippen LogP contribution in [0.25, 0.3) is 11.1 Å². The van der Waals surface area contributed by atoms with Crippen molar-refractivity contribution in [2.24, 2.45) is 0 Å². The van der Waals surface area contributed by atoms with Crippen LogP contribution in [0.1, 0.15) is 10.4 Å². The number of nitrogens with zero attached hydrogens (tertiary/aromatic N) is 1. The fourth-order valence-corrected chi connectivity index (χ4v) is 1.77. The molecule has 0 saturated carbocycles. The highest BCUT2D eigenvalue weighted by molar-refractivity contribution is 6.31. The maximum absolute atomic E-state index is 13.8. The lowest BCUT2D eigenvalue weighted by atomic mass is 10.0. The van der Waals surface area contributed by atoms with Gasteiger partial charge in [0, 0.05) is 22.2 Å². The van der Waals surface area contributed by atoms with Gasteiger partial charge >= 0.3 is 0 Å². The molecule has 0 aliphatic carbocycles. The van der Waals surface area contributed by atoms with Crippen LogP contribution in [-0.2, 0) is 0 Å². The van der Waals surface area contributed by atoms with Crippen molar-refractivity contribution in [3.8, 4) is 17.0 Å². The fourth-order valence-electron chi connectivity index (χ4n) is 1.60. The van der Waals surface area contributed by atoms with Crippen LogP contribution in [-0.4, -0.2) is 18.4 Å². The predicted octanol–water partition coefficient (Wildman–Crippen LogP) is 3.36. The van der Waals surface area contributed by atoms with Crippen molar-refractivity contribution in [3.63, 3.8) is 0 Å². The normalized spacial score (nSPS) is 10.2. The lowest BCUT2D eigenvalue weighted by molar-refractivity contribution is 0.112. The number of carbonyl (C=O) groups excluding carboxylic acids is 1. The molecule has 0 aliphatic rings. The number of aldehydes is 1. The van der Waals surface area contributed by atoms with Gasteiger partial charge in [0.25, 0.3) is 0 Å². The van der Waals surface area contributed by atoms with Crippen molar-refractivity contribution in [2.45, 2.75) is 0 Å². The summed E-state index contributed by atoms with van der Waals surface area (Å²) in [6, 6.07) is 6.07. The van der Waals surface area contributed by atoms with Crippen molar-refractivity contribution in [3.05, 3.63) is 46.9 Å². The second kappa shape index (κ2) is 5.14. The van der Waals surface area contributed by atoms with E-state index >= 15 is 0 Å². The minimum absolute atomic E-state index is 0.228. The van der Waals surface area contributed by atoms with Crippen LogP contribution in [0, 0.1) is 5.82 Å². The first-order valence-corrected chi connectivity index (χ1v) is 5.48. The lowest BCUT2D eigenvalue weighted by Gasteiger charge is -2.08. The van der Waals surface area contributed by atoms with E-state index in [0.29, 0.717) is 22.4 Å². The molecule has 0 unspecified atom stereocenters. The van der Waals surface area contributed by atoms with Crippen LogP contribution in [0.2, 0.25) is 5.02 Å². The Balaban J connectivity index is 2.67. The molecule has 0 radical (unpaired) electrons. The van der Waals surface area contributed by atoms with E-state index in [2.05, 4.69) is 4.98 Å². The number of rotatable bonds is 3. The minimum atomic E-state index is -0.541. The Morgan fingerprint density at radius 3 is 2.78 bits per heavy atom. The molecule has 0 saturated heterocycles. The summed E-state index contributed by atoms with van der Waals surface area (Å²) in [6.07, 6.45) is 1.70. The van der Waals surface area contributed by atoms with Gasteiger partial charge in [-0.3, -0.25) is 4.79 Å². The monoisotopic (exact) mass is 265 g/mol. The van der Waals surface area contributed by atoms with E-state index in [9.17, 15) is 9.18 Å². The number of aromatic nitrogens is 1. The quantitative estimate of drug-likeness (QED) is 0.799. The Kier molecular flexibility index (Phi) is 3.58. The standard InChI is InChI=1S/C13H9ClFNO2/c1-18-13-5-11(12(15)6-16-13)10-4-9(14)3-2-8(10)7-17/h2-7H,1H3. The summed E-state index contributed by atoms with van der Waals surface area (Å²) in [7, 11) is 1.43. The molecule has 2 rings (SSSR count). The second-order valence-corrected chi connectivity index (χ2v) is 3.99. The number of methoxy groups -OCH3 is 1. The van der Waals surface area contributed by atoms with Crippen LogP contribution in [0.4, 0.5) is 4.39 Å². The van der Waals surface area contributed by atoms with E-state index in [1.807, 2.05) is 0 Å². The lowest BCUT2D eigenvalue weighted by Crippen LogP contribution is -1.94. The van der Waals surface area contributed by atoms with Gasteiger partial charge in [-0.15, -0.1) is 0 Å². The maximum Gasteiger partial charge on any atom is 0.213 e. The molecular weight excluding hydrogens is 257 g/mol. The molecule has 0 amide bonds. The molecule has 0 aliphatic heterocycles. The van der Waals surface area contributed by atoms with Crippen LogP contribution in [0.3, 0.4) is 0 Å². The van der Waals surface area contributed by atoms with Gasteiger partial charge < -0.3 is 4.74 Å². The van der Waals surface area contributed by atoms with Gasteiger partial charge in [0.1, 0.15) is 5.82 Å². The van der Waals surface area contributed by atoms with Gasteiger partial charge in [-0.1, -0.05) is 11.6 Å². The van der Waals surface area contributed by atoms with Crippen LogP contribution >= 0.6 is 11.6 Å². The number of hydrogen-bond acceptors (Lipinski definition) is 3. The Bertz CT molecular complexity index is 602. The third-order valence-corrected chi connectivity index (χ3v) is 2.71. The highest BCUT2D eigenvalue weighted by Crippen LogP contribution is 2.30. The van der Waals surface area contributed by atoms with Gasteiger partial charge in [0.05, 0.1) is 13.3 Å². The number of pyridine rings is 1. The van der Waals surface area contributed by atoms with E-state index < -0.39 is 5.82 Å². The summed E-state index contributed by atoms with van der Waals surface area (Å²) in [5.74, 6) is -0.274. The molecule has 0 spiro atoms. The molecule has 1 aromatic heterocycles. The maximum atomic E-state index is 13.8. The largest absolute Gasteiger partial charge is 0.481 e. The molecule has 18 heavy (non-hydrogen) atoms. The van der Waals surface area contributed by atoms with E-state index in [0.717, 1.165) is 6.20 Å². The van der Waals surface area contributed by atoms with E-state index in [1.165, 1.54) is 25.3 Å². The average Bonchev–Trinajstić information content (AvgIpc) is 2.39. The molecule has 5 heteroatoms. The topological polar surface area (TPSA) is 39.2 Å². The summed E-state index contributed by atoms with van der Waals surface area (Å²) in [6.45, 7) is 0. The third-order valence-electron chi connectivity index (χ3n) is 2.47. The van der Waals surface area contributed by atoms with Crippen molar-refractivity contribution in [1.82, 2.24) is 4.98 Å². The predicted molar refractivity (Wildman–Crippen MR) is 66.6 cm³/mol. The van der Waals surface area contributed by atoms with Crippen LogP contribution < -0.4 is 4.74 Å². The highest BCUT2D eigenvalue weighted by atomic mass is 35.5. The van der Waals surface area contributed by atoms with Crippen molar-refractivity contribution in [1.29, 1.82) is 0 Å². The number of hydrogen-bond donors (Lipinski definition) is 0. The fraction of sp³-hybridized carbons (Fsp3) is 0.0769. The molecule has 1 heterocycles. The van der Waals surface area contributed by atoms with Crippen molar-refractivity contribution in [2.75, 3.05) is 7.11 Å². The van der Waals surface area contributed by atoms with E-state index in [1.54, 1.807) is 6.07 Å². The highest BCUT2D eigenvalue weighted by Gasteiger charge is 2.12.